The van der Waals surface area contributed by atoms with E-state index in [2.05, 4.69) is 32.1 Å². The number of Topliss-reactive ketones (excluding diaryl/α,β-unsaturated/α-hetero) is 1. The standard InChI is InChI=1S/C23H28O4/c1-14(24)27-13-21(26)20-7-6-18-17-5-4-15-12-16(25)8-10-22(15,2)19(17)9-11-23(18,20)3/h4-5,8,10,12,17-20H,6-7,9,11,13H2,1-3H3/t17-,18-,19-,20+,22-,23-/m0/s1. The number of carbonyl (C=O) groups excluding carboxylic acids is 3. The number of esters is 1. The third-order valence-corrected chi connectivity index (χ3v) is 7.92. The summed E-state index contributed by atoms with van der Waals surface area (Å²) in [7, 11) is 0. The van der Waals surface area contributed by atoms with E-state index in [0.717, 1.165) is 31.3 Å². The van der Waals surface area contributed by atoms with Crippen LogP contribution in [0.3, 0.4) is 0 Å². The molecule has 0 aromatic carbocycles. The molecule has 4 aliphatic rings. The van der Waals surface area contributed by atoms with Gasteiger partial charge >= 0.3 is 5.97 Å². The van der Waals surface area contributed by atoms with Crippen molar-refractivity contribution in [3.05, 3.63) is 36.0 Å². The van der Waals surface area contributed by atoms with Crippen LogP contribution in [0.4, 0.5) is 0 Å². The van der Waals surface area contributed by atoms with Crippen LogP contribution in [0.5, 0.6) is 0 Å². The van der Waals surface area contributed by atoms with E-state index >= 15 is 0 Å². The summed E-state index contributed by atoms with van der Waals surface area (Å²) in [6.45, 7) is 5.77. The number of hydrogen-bond acceptors (Lipinski definition) is 4. The van der Waals surface area contributed by atoms with E-state index in [-0.39, 0.29) is 34.9 Å². The van der Waals surface area contributed by atoms with Crippen LogP contribution < -0.4 is 0 Å². The van der Waals surface area contributed by atoms with Crippen LogP contribution in [-0.4, -0.2) is 24.1 Å². The van der Waals surface area contributed by atoms with Crippen LogP contribution in [-0.2, 0) is 19.1 Å². The smallest absolute Gasteiger partial charge is 0.303 e. The van der Waals surface area contributed by atoms with Gasteiger partial charge in [0.2, 0.25) is 0 Å². The van der Waals surface area contributed by atoms with Crippen LogP contribution in [0.15, 0.2) is 36.0 Å². The molecule has 0 radical (unpaired) electrons. The maximum absolute atomic E-state index is 12.7. The van der Waals surface area contributed by atoms with Gasteiger partial charge in [0.15, 0.2) is 11.6 Å². The lowest BCUT2D eigenvalue weighted by molar-refractivity contribution is -0.148. The van der Waals surface area contributed by atoms with Crippen LogP contribution >= 0.6 is 0 Å². The topological polar surface area (TPSA) is 60.4 Å². The van der Waals surface area contributed by atoms with E-state index in [1.165, 1.54) is 6.92 Å². The minimum absolute atomic E-state index is 0.0237. The van der Waals surface area contributed by atoms with E-state index in [9.17, 15) is 14.4 Å². The number of hydrogen-bond donors (Lipinski definition) is 0. The molecule has 2 saturated carbocycles. The Kier molecular flexibility index (Phi) is 4.28. The summed E-state index contributed by atoms with van der Waals surface area (Å²) < 4.78 is 4.99. The van der Waals surface area contributed by atoms with Crippen molar-refractivity contribution < 1.29 is 19.1 Å². The molecule has 0 aromatic rings. The first-order valence-corrected chi connectivity index (χ1v) is 10.1. The van der Waals surface area contributed by atoms with Gasteiger partial charge < -0.3 is 4.74 Å². The third kappa shape index (κ3) is 2.76. The number of allylic oxidation sites excluding steroid dienone is 6. The average Bonchev–Trinajstić information content (AvgIpc) is 2.97. The molecule has 144 valence electrons. The fourth-order valence-electron chi connectivity index (χ4n) is 6.45. The highest BCUT2D eigenvalue weighted by molar-refractivity contribution is 6.01. The second-order valence-corrected chi connectivity index (χ2v) is 9.19. The van der Waals surface area contributed by atoms with E-state index in [1.807, 2.05) is 0 Å². The quantitative estimate of drug-likeness (QED) is 0.711. The lowest BCUT2D eigenvalue weighted by Gasteiger charge is -2.54. The van der Waals surface area contributed by atoms with Crippen molar-refractivity contribution in [2.75, 3.05) is 6.61 Å². The summed E-state index contributed by atoms with van der Waals surface area (Å²) in [5.41, 5.74) is 1.00. The van der Waals surface area contributed by atoms with Gasteiger partial charge in [0.05, 0.1) is 0 Å². The summed E-state index contributed by atoms with van der Waals surface area (Å²) in [5.74, 6) is 1.08. The molecule has 4 aliphatic carbocycles. The Balaban J connectivity index is 1.60. The summed E-state index contributed by atoms with van der Waals surface area (Å²) in [6.07, 6.45) is 14.0. The fraction of sp³-hybridized carbons (Fsp3) is 0.609. The molecule has 4 nitrogen and oxygen atoms in total. The lowest BCUT2D eigenvalue weighted by Crippen LogP contribution is -2.49. The maximum atomic E-state index is 12.7. The first kappa shape index (κ1) is 18.4. The van der Waals surface area contributed by atoms with Gasteiger partial charge in [-0.15, -0.1) is 0 Å². The van der Waals surface area contributed by atoms with E-state index in [1.54, 1.807) is 12.2 Å². The van der Waals surface area contributed by atoms with Gasteiger partial charge in [0, 0.05) is 18.3 Å². The maximum Gasteiger partial charge on any atom is 0.303 e. The first-order valence-electron chi connectivity index (χ1n) is 10.1. The molecular formula is C23H28O4. The number of ketones is 2. The Bertz CT molecular complexity index is 788. The molecular weight excluding hydrogens is 340 g/mol. The first-order chi connectivity index (χ1) is 12.8. The molecule has 2 fully saturated rings. The fourth-order valence-corrected chi connectivity index (χ4v) is 6.45. The third-order valence-electron chi connectivity index (χ3n) is 7.92. The van der Waals surface area contributed by atoms with Gasteiger partial charge in [0.1, 0.15) is 6.61 Å². The summed E-state index contributed by atoms with van der Waals surface area (Å²) in [5, 5.41) is 0. The van der Waals surface area contributed by atoms with Crippen LogP contribution in [0.1, 0.15) is 46.5 Å². The van der Waals surface area contributed by atoms with Crippen molar-refractivity contribution in [1.29, 1.82) is 0 Å². The van der Waals surface area contributed by atoms with E-state index in [4.69, 9.17) is 4.74 Å². The second-order valence-electron chi connectivity index (χ2n) is 9.19. The monoisotopic (exact) mass is 368 g/mol. The van der Waals surface area contributed by atoms with Crippen LogP contribution in [0.25, 0.3) is 0 Å². The predicted octanol–water partition coefficient (Wildman–Crippen LogP) is 3.82. The molecule has 4 heteroatoms. The van der Waals surface area contributed by atoms with Gasteiger partial charge in [-0.05, 0) is 66.6 Å². The summed E-state index contributed by atoms with van der Waals surface area (Å²) >= 11 is 0. The molecule has 6 atom stereocenters. The highest BCUT2D eigenvalue weighted by Crippen LogP contribution is 2.64. The van der Waals surface area contributed by atoms with Crippen molar-refractivity contribution in [3.8, 4) is 0 Å². The SMILES string of the molecule is CC(=O)OCC(=O)[C@H]1CC[C@H]2[C@@H]3C=CC4=CC(=O)C=C[C@]4(C)[C@H]3CC[C@]12C. The summed E-state index contributed by atoms with van der Waals surface area (Å²) in [4.78, 5) is 35.6. The Morgan fingerprint density at radius 1 is 1.15 bits per heavy atom. The molecule has 4 rings (SSSR count). The van der Waals surface area contributed by atoms with Gasteiger partial charge in [-0.1, -0.05) is 32.1 Å². The van der Waals surface area contributed by atoms with Crippen molar-refractivity contribution >= 4 is 17.5 Å². The highest BCUT2D eigenvalue weighted by Gasteiger charge is 2.58. The largest absolute Gasteiger partial charge is 0.458 e. The number of carbonyl (C=O) groups is 3. The molecule has 0 heterocycles. The predicted molar refractivity (Wildman–Crippen MR) is 102 cm³/mol. The van der Waals surface area contributed by atoms with Gasteiger partial charge in [-0.3, -0.25) is 14.4 Å². The molecule has 0 N–H and O–H groups in total. The van der Waals surface area contributed by atoms with E-state index < -0.39 is 5.97 Å². The molecule has 0 amide bonds. The van der Waals surface area contributed by atoms with Gasteiger partial charge in [0.25, 0.3) is 0 Å². The molecule has 0 bridgehead atoms. The highest BCUT2D eigenvalue weighted by atomic mass is 16.5. The Labute approximate surface area is 160 Å². The number of fused-ring (bicyclic) bond motifs is 5. The van der Waals surface area contributed by atoms with Gasteiger partial charge in [-0.25, -0.2) is 0 Å². The number of rotatable bonds is 3. The molecule has 0 unspecified atom stereocenters. The van der Waals surface area contributed by atoms with Crippen LogP contribution in [0, 0.1) is 34.5 Å². The zero-order valence-corrected chi connectivity index (χ0v) is 16.4. The normalized spacial score (nSPS) is 42.0. The number of ether oxygens (including phenoxy) is 1. The second kappa shape index (κ2) is 6.29. The Morgan fingerprint density at radius 3 is 2.67 bits per heavy atom. The minimum atomic E-state index is -0.396. The molecule has 0 aliphatic heterocycles. The molecule has 0 saturated heterocycles. The van der Waals surface area contributed by atoms with Crippen molar-refractivity contribution in [1.82, 2.24) is 0 Å². The molecule has 0 aromatic heterocycles. The van der Waals surface area contributed by atoms with Crippen molar-refractivity contribution in [2.24, 2.45) is 34.5 Å². The minimum Gasteiger partial charge on any atom is -0.458 e. The molecule has 27 heavy (non-hydrogen) atoms. The zero-order chi connectivity index (χ0) is 19.4. The molecule has 0 spiro atoms. The Morgan fingerprint density at radius 2 is 1.93 bits per heavy atom. The van der Waals surface area contributed by atoms with Crippen LogP contribution in [0.2, 0.25) is 0 Å². The van der Waals surface area contributed by atoms with Crippen molar-refractivity contribution in [2.45, 2.75) is 46.5 Å². The zero-order valence-electron chi connectivity index (χ0n) is 16.4. The summed E-state index contributed by atoms with van der Waals surface area (Å²) in [6, 6.07) is 0. The van der Waals surface area contributed by atoms with Crippen molar-refractivity contribution in [3.63, 3.8) is 0 Å². The van der Waals surface area contributed by atoms with E-state index in [0.29, 0.717) is 17.8 Å². The van der Waals surface area contributed by atoms with Gasteiger partial charge in [-0.2, -0.15) is 0 Å². The Hall–Kier alpha value is -1.97. The lowest BCUT2D eigenvalue weighted by atomic mass is 9.49. The average molecular weight is 368 g/mol.